The molecule has 170 valence electrons. The maximum Gasteiger partial charge on any atom is 0.135 e. The van der Waals surface area contributed by atoms with E-state index in [1.807, 2.05) is 12.2 Å². The molecule has 4 aromatic rings. The molecule has 34 heavy (non-hydrogen) atoms. The van der Waals surface area contributed by atoms with E-state index in [-0.39, 0.29) is 28.7 Å². The van der Waals surface area contributed by atoms with E-state index in [9.17, 15) is 25.5 Å². The van der Waals surface area contributed by atoms with Crippen LogP contribution < -0.4 is 4.74 Å². The van der Waals surface area contributed by atoms with E-state index in [2.05, 4.69) is 0 Å². The van der Waals surface area contributed by atoms with Crippen molar-refractivity contribution in [1.29, 1.82) is 0 Å². The summed E-state index contributed by atoms with van der Waals surface area (Å²) >= 11 is 0. The van der Waals surface area contributed by atoms with Crippen molar-refractivity contribution in [1.82, 2.24) is 0 Å². The molecule has 0 fully saturated rings. The summed E-state index contributed by atoms with van der Waals surface area (Å²) in [5.74, 6) is 0.243. The third-order valence-corrected chi connectivity index (χ3v) is 5.88. The molecule has 0 amide bonds. The van der Waals surface area contributed by atoms with Crippen LogP contribution in [0, 0.1) is 0 Å². The number of phenolic OH excluding ortho intramolecular Hbond substituents is 5. The molecule has 6 nitrogen and oxygen atoms in total. The van der Waals surface area contributed by atoms with Gasteiger partial charge >= 0.3 is 0 Å². The van der Waals surface area contributed by atoms with Crippen molar-refractivity contribution in [3.63, 3.8) is 0 Å². The molecule has 1 heterocycles. The van der Waals surface area contributed by atoms with Gasteiger partial charge in [-0.25, -0.2) is 0 Å². The van der Waals surface area contributed by atoms with E-state index in [0.717, 1.165) is 16.7 Å². The first-order valence-electron chi connectivity index (χ1n) is 10.7. The summed E-state index contributed by atoms with van der Waals surface area (Å²) in [7, 11) is 0. The molecule has 6 heteroatoms. The highest BCUT2D eigenvalue weighted by Gasteiger charge is 2.39. The first-order chi connectivity index (χ1) is 16.4. The van der Waals surface area contributed by atoms with E-state index in [1.165, 1.54) is 6.07 Å². The van der Waals surface area contributed by atoms with Crippen molar-refractivity contribution < 1.29 is 30.3 Å². The molecule has 0 aliphatic carbocycles. The quantitative estimate of drug-likeness (QED) is 0.255. The van der Waals surface area contributed by atoms with Crippen molar-refractivity contribution in [2.45, 2.75) is 12.0 Å². The molecule has 0 unspecified atom stereocenters. The predicted molar refractivity (Wildman–Crippen MR) is 128 cm³/mol. The van der Waals surface area contributed by atoms with E-state index >= 15 is 0 Å². The number of hydrogen-bond acceptors (Lipinski definition) is 6. The number of aromatic hydroxyl groups is 5. The van der Waals surface area contributed by atoms with Gasteiger partial charge in [-0.3, -0.25) is 0 Å². The van der Waals surface area contributed by atoms with E-state index in [4.69, 9.17) is 4.74 Å². The molecule has 0 spiro atoms. The summed E-state index contributed by atoms with van der Waals surface area (Å²) in [4.78, 5) is 0. The van der Waals surface area contributed by atoms with Gasteiger partial charge in [0.15, 0.2) is 0 Å². The van der Waals surface area contributed by atoms with Crippen LogP contribution in [0.5, 0.6) is 34.5 Å². The van der Waals surface area contributed by atoms with Gasteiger partial charge in [-0.15, -0.1) is 0 Å². The normalized spacial score (nSPS) is 16.9. The molecular weight excluding hydrogens is 432 g/mol. The number of ether oxygens (including phenoxy) is 1. The molecule has 0 radical (unpaired) electrons. The van der Waals surface area contributed by atoms with Crippen LogP contribution >= 0.6 is 0 Å². The Morgan fingerprint density at radius 1 is 0.559 bits per heavy atom. The smallest absolute Gasteiger partial charge is 0.135 e. The summed E-state index contributed by atoms with van der Waals surface area (Å²) in [5, 5.41) is 50.0. The lowest BCUT2D eigenvalue weighted by Crippen LogP contribution is -2.11. The monoisotopic (exact) mass is 454 g/mol. The lowest BCUT2D eigenvalue weighted by Gasteiger charge is -2.21. The van der Waals surface area contributed by atoms with Crippen LogP contribution in [-0.4, -0.2) is 25.5 Å². The minimum Gasteiger partial charge on any atom is -0.508 e. The largest absolute Gasteiger partial charge is 0.508 e. The maximum atomic E-state index is 10.4. The SMILES string of the molecule is Oc1ccc(/C=C/c2cc(O)cc3c2[C@H](c2cc(O)cc(O)c2)[C@H](c2ccc(O)cc2)O3)cc1. The number of rotatable bonds is 4. The lowest BCUT2D eigenvalue weighted by molar-refractivity contribution is 0.221. The maximum absolute atomic E-state index is 10.4. The zero-order valence-corrected chi connectivity index (χ0v) is 18.0. The van der Waals surface area contributed by atoms with Gasteiger partial charge in [-0.05, 0) is 64.7 Å². The standard InChI is InChI=1S/C28H22O6/c29-20-7-2-16(3-8-20)1-4-18-11-24(33)15-25-26(18)27(19-12-22(31)14-23(32)13-19)28(34-25)17-5-9-21(30)10-6-17/h1-15,27-33H/b4-1+/t27-,28-/m0/s1. The summed E-state index contributed by atoms with van der Waals surface area (Å²) in [5.41, 5.74) is 3.78. The van der Waals surface area contributed by atoms with Gasteiger partial charge in [-0.1, -0.05) is 36.4 Å². The third-order valence-electron chi connectivity index (χ3n) is 5.88. The molecule has 1 aliphatic heterocycles. The fourth-order valence-corrected chi connectivity index (χ4v) is 4.39. The Morgan fingerprint density at radius 2 is 1.15 bits per heavy atom. The summed E-state index contributed by atoms with van der Waals surface area (Å²) in [6.07, 6.45) is 3.18. The van der Waals surface area contributed by atoms with Crippen LogP contribution in [0.3, 0.4) is 0 Å². The van der Waals surface area contributed by atoms with Gasteiger partial charge in [0.05, 0.1) is 5.92 Å². The van der Waals surface area contributed by atoms with Gasteiger partial charge in [0.25, 0.3) is 0 Å². The zero-order valence-electron chi connectivity index (χ0n) is 18.0. The lowest BCUT2D eigenvalue weighted by atomic mass is 9.82. The van der Waals surface area contributed by atoms with Gasteiger partial charge in [-0.2, -0.15) is 0 Å². The molecule has 0 aromatic heterocycles. The van der Waals surface area contributed by atoms with Crippen molar-refractivity contribution >= 4 is 12.2 Å². The molecule has 0 saturated heterocycles. The second kappa shape index (κ2) is 8.41. The third kappa shape index (κ3) is 4.09. The summed E-state index contributed by atoms with van der Waals surface area (Å²) in [6.45, 7) is 0. The average molecular weight is 454 g/mol. The van der Waals surface area contributed by atoms with E-state index < -0.39 is 12.0 Å². The Balaban J connectivity index is 1.67. The van der Waals surface area contributed by atoms with Crippen LogP contribution in [0.1, 0.15) is 39.8 Å². The highest BCUT2D eigenvalue weighted by Crippen LogP contribution is 2.53. The first kappa shape index (κ1) is 21.3. The fourth-order valence-electron chi connectivity index (χ4n) is 4.39. The van der Waals surface area contributed by atoms with Crippen molar-refractivity contribution in [2.24, 2.45) is 0 Å². The Labute approximate surface area is 195 Å². The zero-order chi connectivity index (χ0) is 23.8. The fraction of sp³-hybridized carbons (Fsp3) is 0.0714. The molecule has 0 bridgehead atoms. The second-order valence-electron chi connectivity index (χ2n) is 8.26. The Morgan fingerprint density at radius 3 is 1.79 bits per heavy atom. The van der Waals surface area contributed by atoms with Crippen molar-refractivity contribution in [3.8, 4) is 34.5 Å². The number of phenols is 5. The summed E-state index contributed by atoms with van der Waals surface area (Å²) in [6, 6.07) is 21.0. The van der Waals surface area contributed by atoms with Crippen molar-refractivity contribution in [2.75, 3.05) is 0 Å². The Kier molecular flexibility index (Phi) is 5.26. The Bertz CT molecular complexity index is 1350. The van der Waals surface area contributed by atoms with Gasteiger partial charge in [0.2, 0.25) is 0 Å². The minimum atomic E-state index is -0.528. The number of hydrogen-bond donors (Lipinski definition) is 5. The van der Waals surface area contributed by atoms with Gasteiger partial charge in [0, 0.05) is 17.7 Å². The second-order valence-corrected chi connectivity index (χ2v) is 8.26. The highest BCUT2D eigenvalue weighted by atomic mass is 16.5. The number of fused-ring (bicyclic) bond motifs is 1. The summed E-state index contributed by atoms with van der Waals surface area (Å²) < 4.78 is 6.30. The minimum absolute atomic E-state index is 0.0352. The van der Waals surface area contributed by atoms with Crippen LogP contribution in [0.25, 0.3) is 12.2 Å². The molecule has 0 saturated carbocycles. The topological polar surface area (TPSA) is 110 Å². The molecule has 5 N–H and O–H groups in total. The van der Waals surface area contributed by atoms with E-state index in [1.54, 1.807) is 72.8 Å². The molecular formula is C28H22O6. The van der Waals surface area contributed by atoms with Crippen LogP contribution in [0.15, 0.2) is 78.9 Å². The van der Waals surface area contributed by atoms with Gasteiger partial charge < -0.3 is 30.3 Å². The molecule has 1 aliphatic rings. The molecule has 5 rings (SSSR count). The number of benzene rings is 4. The van der Waals surface area contributed by atoms with Crippen LogP contribution in [0.4, 0.5) is 0 Å². The average Bonchev–Trinajstić information content (AvgIpc) is 3.17. The van der Waals surface area contributed by atoms with Gasteiger partial charge in [0.1, 0.15) is 40.6 Å². The van der Waals surface area contributed by atoms with Crippen LogP contribution in [-0.2, 0) is 0 Å². The first-order valence-corrected chi connectivity index (χ1v) is 10.7. The molecule has 2 atom stereocenters. The van der Waals surface area contributed by atoms with E-state index in [0.29, 0.717) is 16.9 Å². The predicted octanol–water partition coefficient (Wildman–Crippen LogP) is 5.65. The molecule has 4 aromatic carbocycles. The van der Waals surface area contributed by atoms with Crippen LogP contribution in [0.2, 0.25) is 0 Å². The Hall–Kier alpha value is -4.58. The highest BCUT2D eigenvalue weighted by molar-refractivity contribution is 5.75. The van der Waals surface area contributed by atoms with Crippen molar-refractivity contribution in [3.05, 3.63) is 107 Å².